The molecule has 0 bridgehead atoms. The predicted octanol–water partition coefficient (Wildman–Crippen LogP) is 3.35. The molecule has 142 valence electrons. The number of hydrogen-bond acceptors (Lipinski definition) is 6. The molecule has 0 radical (unpaired) electrons. The Labute approximate surface area is 164 Å². The monoisotopic (exact) mass is 374 g/mol. The molecule has 4 rings (SSSR count). The van der Waals surface area contributed by atoms with Crippen LogP contribution in [0, 0.1) is 18.3 Å². The minimum Gasteiger partial charge on any atom is -0.489 e. The molecule has 0 saturated carbocycles. The molecule has 2 aromatic carbocycles. The van der Waals surface area contributed by atoms with Gasteiger partial charge in [-0.2, -0.15) is 5.26 Å². The number of aryl methyl sites for hydroxylation is 1. The van der Waals surface area contributed by atoms with Crippen molar-refractivity contribution in [3.05, 3.63) is 59.4 Å². The van der Waals surface area contributed by atoms with E-state index in [9.17, 15) is 5.11 Å². The molecule has 1 saturated heterocycles. The van der Waals surface area contributed by atoms with E-state index < -0.39 is 0 Å². The number of hydrogen-bond donors (Lipinski definition) is 1. The lowest BCUT2D eigenvalue weighted by Crippen LogP contribution is -2.33. The van der Waals surface area contributed by atoms with Crippen LogP contribution in [0.15, 0.2) is 42.5 Å². The van der Waals surface area contributed by atoms with Gasteiger partial charge in [-0.3, -0.25) is 0 Å². The van der Waals surface area contributed by atoms with E-state index in [1.807, 2.05) is 37.3 Å². The Morgan fingerprint density at radius 1 is 1.21 bits per heavy atom. The first-order valence-corrected chi connectivity index (χ1v) is 9.45. The molecule has 0 spiro atoms. The van der Waals surface area contributed by atoms with E-state index in [2.05, 4.69) is 20.9 Å². The van der Waals surface area contributed by atoms with E-state index in [0.29, 0.717) is 18.0 Å². The lowest BCUT2D eigenvalue weighted by molar-refractivity contribution is 0.266. The third-order valence-corrected chi connectivity index (χ3v) is 5.11. The maximum Gasteiger partial charge on any atom is 0.140 e. The van der Waals surface area contributed by atoms with Gasteiger partial charge in [0, 0.05) is 18.0 Å². The number of fused-ring (bicyclic) bond motifs is 1. The zero-order valence-corrected chi connectivity index (χ0v) is 15.8. The molecule has 1 aliphatic rings. The van der Waals surface area contributed by atoms with Crippen LogP contribution in [-0.4, -0.2) is 34.3 Å². The van der Waals surface area contributed by atoms with E-state index in [1.165, 1.54) is 0 Å². The Morgan fingerprint density at radius 3 is 2.79 bits per heavy atom. The van der Waals surface area contributed by atoms with Crippen LogP contribution < -0.4 is 9.64 Å². The van der Waals surface area contributed by atoms with E-state index >= 15 is 0 Å². The molecular weight excluding hydrogens is 352 g/mol. The number of aromatic nitrogens is 2. The third kappa shape index (κ3) is 3.62. The number of aliphatic hydroxyl groups is 1. The maximum absolute atomic E-state index is 9.67. The number of benzene rings is 2. The first-order valence-electron chi connectivity index (χ1n) is 9.45. The summed E-state index contributed by atoms with van der Waals surface area (Å²) in [6, 6.07) is 15.4. The van der Waals surface area contributed by atoms with Crippen LogP contribution in [0.1, 0.15) is 29.8 Å². The number of ether oxygens (including phenoxy) is 1. The normalized spacial score (nSPS) is 16.3. The summed E-state index contributed by atoms with van der Waals surface area (Å²) in [5.41, 5.74) is 2.47. The van der Waals surface area contributed by atoms with Crippen molar-refractivity contribution in [1.82, 2.24) is 9.97 Å². The number of nitriles is 1. The van der Waals surface area contributed by atoms with Gasteiger partial charge in [0.15, 0.2) is 0 Å². The SMILES string of the molecule is Cc1nc(N2CCC[C@H]2CO)c2ccc(OCc3ccc(C#N)cc3)cc2n1. The zero-order valence-electron chi connectivity index (χ0n) is 15.8. The van der Waals surface area contributed by atoms with E-state index in [4.69, 9.17) is 10.00 Å². The zero-order chi connectivity index (χ0) is 19.5. The molecule has 1 fully saturated rings. The summed E-state index contributed by atoms with van der Waals surface area (Å²) in [6.07, 6.45) is 2.04. The van der Waals surface area contributed by atoms with Crippen molar-refractivity contribution in [2.75, 3.05) is 18.1 Å². The molecule has 28 heavy (non-hydrogen) atoms. The van der Waals surface area contributed by atoms with Crippen molar-refractivity contribution in [1.29, 1.82) is 5.26 Å². The average molecular weight is 374 g/mol. The Balaban J connectivity index is 1.59. The Kier molecular flexibility index (Phi) is 5.09. The van der Waals surface area contributed by atoms with Crippen molar-refractivity contribution >= 4 is 16.7 Å². The second-order valence-corrected chi connectivity index (χ2v) is 7.04. The molecule has 0 aliphatic carbocycles. The molecule has 2 heterocycles. The van der Waals surface area contributed by atoms with Crippen molar-refractivity contribution in [3.63, 3.8) is 0 Å². The van der Waals surface area contributed by atoms with Gasteiger partial charge in [0.25, 0.3) is 0 Å². The summed E-state index contributed by atoms with van der Waals surface area (Å²) < 4.78 is 5.92. The quantitative estimate of drug-likeness (QED) is 0.737. The highest BCUT2D eigenvalue weighted by Crippen LogP contribution is 2.32. The second-order valence-electron chi connectivity index (χ2n) is 7.04. The van der Waals surface area contributed by atoms with Gasteiger partial charge in [-0.05, 0) is 49.6 Å². The molecule has 0 unspecified atom stereocenters. The van der Waals surface area contributed by atoms with Gasteiger partial charge in [-0.1, -0.05) is 12.1 Å². The molecular formula is C22H22N4O2. The van der Waals surface area contributed by atoms with Crippen LogP contribution in [0.4, 0.5) is 5.82 Å². The largest absolute Gasteiger partial charge is 0.489 e. The predicted molar refractivity (Wildman–Crippen MR) is 107 cm³/mol. The molecule has 6 heteroatoms. The second kappa shape index (κ2) is 7.83. The standard InChI is InChI=1S/C22H22N4O2/c1-15-24-21-11-19(28-14-17-6-4-16(12-23)5-7-17)8-9-20(21)22(25-15)26-10-2-3-18(26)13-27/h4-9,11,18,27H,2-3,10,13-14H2,1H3/t18-/m0/s1. The Bertz CT molecular complexity index is 1030. The van der Waals surface area contributed by atoms with E-state index in [-0.39, 0.29) is 12.6 Å². The van der Waals surface area contributed by atoms with Gasteiger partial charge in [-0.15, -0.1) is 0 Å². The summed E-state index contributed by atoms with van der Waals surface area (Å²) in [7, 11) is 0. The van der Waals surface area contributed by atoms with Crippen LogP contribution in [0.5, 0.6) is 5.75 Å². The van der Waals surface area contributed by atoms with E-state index in [1.54, 1.807) is 12.1 Å². The first kappa shape index (κ1) is 18.2. The average Bonchev–Trinajstić information content (AvgIpc) is 3.20. The lowest BCUT2D eigenvalue weighted by Gasteiger charge is -2.25. The molecule has 1 N–H and O–H groups in total. The topological polar surface area (TPSA) is 82.3 Å². The molecule has 1 aliphatic heterocycles. The highest BCUT2D eigenvalue weighted by atomic mass is 16.5. The number of aliphatic hydroxyl groups excluding tert-OH is 1. The summed E-state index contributed by atoms with van der Waals surface area (Å²) in [4.78, 5) is 11.4. The molecule has 3 aromatic rings. The fourth-order valence-corrected chi connectivity index (χ4v) is 3.66. The highest BCUT2D eigenvalue weighted by molar-refractivity contribution is 5.90. The lowest BCUT2D eigenvalue weighted by atomic mass is 10.1. The molecule has 0 amide bonds. The summed E-state index contributed by atoms with van der Waals surface area (Å²) in [5, 5.41) is 19.5. The molecule has 1 atom stereocenters. The number of anilines is 1. The van der Waals surface area contributed by atoms with Crippen molar-refractivity contribution in [2.45, 2.75) is 32.4 Å². The molecule has 6 nitrogen and oxygen atoms in total. The van der Waals surface area contributed by atoms with Gasteiger partial charge in [0.2, 0.25) is 0 Å². The number of nitrogens with zero attached hydrogens (tertiary/aromatic N) is 4. The van der Waals surface area contributed by atoms with Crippen molar-refractivity contribution in [2.24, 2.45) is 0 Å². The van der Waals surface area contributed by atoms with E-state index in [0.717, 1.165) is 47.4 Å². The van der Waals surface area contributed by atoms with Crippen molar-refractivity contribution < 1.29 is 9.84 Å². The summed E-state index contributed by atoms with van der Waals surface area (Å²) in [5.74, 6) is 2.33. The van der Waals surface area contributed by atoms with Gasteiger partial charge in [0.1, 0.15) is 24.0 Å². The van der Waals surface area contributed by atoms with Gasteiger partial charge >= 0.3 is 0 Å². The maximum atomic E-state index is 9.67. The minimum atomic E-state index is 0.116. The molecule has 1 aromatic heterocycles. The van der Waals surface area contributed by atoms with Gasteiger partial charge in [-0.25, -0.2) is 9.97 Å². The van der Waals surface area contributed by atoms with Crippen molar-refractivity contribution in [3.8, 4) is 11.8 Å². The summed E-state index contributed by atoms with van der Waals surface area (Å²) >= 11 is 0. The van der Waals surface area contributed by atoms with Crippen LogP contribution in [-0.2, 0) is 6.61 Å². The third-order valence-electron chi connectivity index (χ3n) is 5.11. The summed E-state index contributed by atoms with van der Waals surface area (Å²) in [6.45, 7) is 3.34. The van der Waals surface area contributed by atoms with Crippen LogP contribution in [0.3, 0.4) is 0 Å². The fourth-order valence-electron chi connectivity index (χ4n) is 3.66. The van der Waals surface area contributed by atoms with Crippen LogP contribution in [0.25, 0.3) is 10.9 Å². The van der Waals surface area contributed by atoms with Gasteiger partial charge in [0.05, 0.1) is 29.8 Å². The number of rotatable bonds is 5. The minimum absolute atomic E-state index is 0.116. The van der Waals surface area contributed by atoms with Crippen LogP contribution in [0.2, 0.25) is 0 Å². The van der Waals surface area contributed by atoms with Crippen LogP contribution >= 0.6 is 0 Å². The highest BCUT2D eigenvalue weighted by Gasteiger charge is 2.26. The first-order chi connectivity index (χ1) is 13.7. The fraction of sp³-hybridized carbons (Fsp3) is 0.318. The Hall–Kier alpha value is -3.17. The Morgan fingerprint density at radius 2 is 2.04 bits per heavy atom. The smallest absolute Gasteiger partial charge is 0.140 e. The van der Waals surface area contributed by atoms with Gasteiger partial charge < -0.3 is 14.7 Å².